The maximum Gasteiger partial charge on any atom is 0.333 e. The quantitative estimate of drug-likeness (QED) is 0.288. The second kappa shape index (κ2) is 11.4. The molecule has 136 valence electrons. The van der Waals surface area contributed by atoms with Crippen molar-refractivity contribution < 1.29 is 14.3 Å². The van der Waals surface area contributed by atoms with Gasteiger partial charge >= 0.3 is 5.97 Å². The lowest BCUT2D eigenvalue weighted by Gasteiger charge is -2.17. The first-order chi connectivity index (χ1) is 12.0. The number of hydrogen-bond acceptors (Lipinski definition) is 5. The lowest BCUT2D eigenvalue weighted by molar-refractivity contribution is -0.138. The SMILES string of the molecule is CCOC(=O)C(=CC=C(C(=S)OCC)N(C)C)CCc1ccccc1. The monoisotopic (exact) mass is 361 g/mol. The topological polar surface area (TPSA) is 38.8 Å². The van der Waals surface area contributed by atoms with E-state index in [9.17, 15) is 4.79 Å². The van der Waals surface area contributed by atoms with Crippen molar-refractivity contribution in [2.75, 3.05) is 27.3 Å². The molecule has 0 spiro atoms. The summed E-state index contributed by atoms with van der Waals surface area (Å²) in [5, 5.41) is 0.412. The fourth-order valence-corrected chi connectivity index (χ4v) is 2.55. The molecule has 0 amide bonds. The molecule has 0 aliphatic rings. The van der Waals surface area contributed by atoms with Gasteiger partial charge in [-0.3, -0.25) is 0 Å². The zero-order chi connectivity index (χ0) is 18.7. The van der Waals surface area contributed by atoms with Gasteiger partial charge < -0.3 is 14.4 Å². The van der Waals surface area contributed by atoms with Crippen LogP contribution in [0.25, 0.3) is 0 Å². The van der Waals surface area contributed by atoms with Crippen LogP contribution in [0.15, 0.2) is 53.8 Å². The summed E-state index contributed by atoms with van der Waals surface area (Å²) in [4.78, 5) is 14.1. The van der Waals surface area contributed by atoms with Crippen molar-refractivity contribution in [3.63, 3.8) is 0 Å². The van der Waals surface area contributed by atoms with Gasteiger partial charge in [0.1, 0.15) is 0 Å². The summed E-state index contributed by atoms with van der Waals surface area (Å²) in [6.07, 6.45) is 4.96. The van der Waals surface area contributed by atoms with Gasteiger partial charge in [0, 0.05) is 19.7 Å². The number of benzene rings is 1. The predicted octanol–water partition coefficient (Wildman–Crippen LogP) is 3.92. The van der Waals surface area contributed by atoms with Crippen LogP contribution in [0, 0.1) is 0 Å². The van der Waals surface area contributed by atoms with E-state index in [1.165, 1.54) is 5.56 Å². The molecule has 25 heavy (non-hydrogen) atoms. The number of nitrogens with zero attached hydrogens (tertiary/aromatic N) is 1. The zero-order valence-corrected chi connectivity index (χ0v) is 16.3. The van der Waals surface area contributed by atoms with Gasteiger partial charge in [0.15, 0.2) is 0 Å². The molecule has 0 bridgehead atoms. The van der Waals surface area contributed by atoms with Gasteiger partial charge in [-0.25, -0.2) is 4.79 Å². The van der Waals surface area contributed by atoms with Crippen LogP contribution < -0.4 is 0 Å². The fourth-order valence-electron chi connectivity index (χ4n) is 2.19. The molecule has 0 aliphatic carbocycles. The second-order valence-electron chi connectivity index (χ2n) is 5.56. The third-order valence-corrected chi connectivity index (χ3v) is 3.80. The molecular formula is C20H27NO3S. The molecule has 0 aliphatic heterocycles. The Balaban J connectivity index is 2.99. The highest BCUT2D eigenvalue weighted by Crippen LogP contribution is 2.13. The summed E-state index contributed by atoms with van der Waals surface area (Å²) in [7, 11) is 3.78. The zero-order valence-electron chi connectivity index (χ0n) is 15.5. The first-order valence-electron chi connectivity index (χ1n) is 8.45. The third kappa shape index (κ3) is 7.52. The Morgan fingerprint density at radius 1 is 1.08 bits per heavy atom. The van der Waals surface area contributed by atoms with Crippen molar-refractivity contribution >= 4 is 23.2 Å². The summed E-state index contributed by atoms with van der Waals surface area (Å²) >= 11 is 5.28. The number of thiocarbonyl (C=S) groups is 1. The van der Waals surface area contributed by atoms with Crippen LogP contribution >= 0.6 is 12.2 Å². The molecule has 1 rings (SSSR count). The van der Waals surface area contributed by atoms with Crippen LogP contribution in [0.3, 0.4) is 0 Å². The Bertz CT molecular complexity index is 621. The van der Waals surface area contributed by atoms with E-state index in [1.54, 1.807) is 13.0 Å². The van der Waals surface area contributed by atoms with Gasteiger partial charge in [-0.2, -0.15) is 0 Å². The van der Waals surface area contributed by atoms with E-state index >= 15 is 0 Å². The van der Waals surface area contributed by atoms with Crippen molar-refractivity contribution in [3.8, 4) is 0 Å². The van der Waals surface area contributed by atoms with Crippen LogP contribution in [0.5, 0.6) is 0 Å². The standard InChI is InChI=1S/C20H27NO3S/c1-5-23-19(22)17(13-12-16-10-8-7-9-11-16)14-15-18(21(3)4)20(25)24-6-2/h7-11,14-15H,5-6,12-13H2,1-4H3. The average molecular weight is 362 g/mol. The summed E-state index contributed by atoms with van der Waals surface area (Å²) in [6.45, 7) is 4.55. The molecule has 0 fully saturated rings. The molecule has 0 radical (unpaired) electrons. The molecule has 0 saturated carbocycles. The third-order valence-electron chi connectivity index (χ3n) is 3.47. The largest absolute Gasteiger partial charge is 0.482 e. The number of esters is 1. The molecule has 0 aromatic heterocycles. The van der Waals surface area contributed by atoms with Crippen molar-refractivity contribution in [3.05, 3.63) is 59.3 Å². The van der Waals surface area contributed by atoms with Gasteiger partial charge in [-0.1, -0.05) is 30.3 Å². The Kier molecular flexibility index (Phi) is 9.55. The highest BCUT2D eigenvalue weighted by molar-refractivity contribution is 7.80. The molecule has 0 unspecified atom stereocenters. The van der Waals surface area contributed by atoms with Crippen molar-refractivity contribution in [1.82, 2.24) is 4.90 Å². The normalized spacial score (nSPS) is 11.8. The molecule has 0 N–H and O–H groups in total. The number of aryl methyl sites for hydroxylation is 1. The Hall–Kier alpha value is -2.14. The molecule has 1 aromatic carbocycles. The van der Waals surface area contributed by atoms with Gasteiger partial charge in [0.05, 0.1) is 18.9 Å². The van der Waals surface area contributed by atoms with E-state index in [4.69, 9.17) is 21.7 Å². The van der Waals surface area contributed by atoms with Crippen LogP contribution in [-0.2, 0) is 20.7 Å². The number of hydrogen-bond donors (Lipinski definition) is 0. The number of ether oxygens (including phenoxy) is 2. The Morgan fingerprint density at radius 3 is 2.28 bits per heavy atom. The lowest BCUT2D eigenvalue weighted by Crippen LogP contribution is -2.20. The fraction of sp³-hybridized carbons (Fsp3) is 0.400. The number of likely N-dealkylation sites (N-methyl/N-ethyl adjacent to an activating group) is 1. The van der Waals surface area contributed by atoms with Gasteiger partial charge in [-0.05, 0) is 56.6 Å². The number of allylic oxidation sites excluding steroid dienone is 2. The summed E-state index contributed by atoms with van der Waals surface area (Å²) in [6, 6.07) is 10.1. The molecule has 1 aromatic rings. The second-order valence-corrected chi connectivity index (χ2v) is 5.94. The van der Waals surface area contributed by atoms with E-state index in [0.29, 0.717) is 30.3 Å². The van der Waals surface area contributed by atoms with Crippen molar-refractivity contribution in [2.24, 2.45) is 0 Å². The van der Waals surface area contributed by atoms with Gasteiger partial charge in [-0.15, -0.1) is 0 Å². The number of carbonyl (C=O) groups is 1. The molecule has 0 atom stereocenters. The maximum atomic E-state index is 12.2. The summed E-state index contributed by atoms with van der Waals surface area (Å²) in [5.74, 6) is -0.296. The first kappa shape index (κ1) is 20.9. The average Bonchev–Trinajstić information content (AvgIpc) is 2.58. The molecule has 5 heteroatoms. The summed E-state index contributed by atoms with van der Waals surface area (Å²) in [5.41, 5.74) is 2.54. The Morgan fingerprint density at radius 2 is 1.72 bits per heavy atom. The van der Waals surface area contributed by atoms with Crippen LogP contribution in [-0.4, -0.2) is 43.2 Å². The molecule has 4 nitrogen and oxygen atoms in total. The van der Waals surface area contributed by atoms with E-state index in [0.717, 1.165) is 12.1 Å². The van der Waals surface area contributed by atoms with Gasteiger partial charge in [0.25, 0.3) is 0 Å². The minimum atomic E-state index is -0.296. The van der Waals surface area contributed by atoms with Crippen molar-refractivity contribution in [1.29, 1.82) is 0 Å². The maximum absolute atomic E-state index is 12.2. The summed E-state index contributed by atoms with van der Waals surface area (Å²) < 4.78 is 10.6. The van der Waals surface area contributed by atoms with Gasteiger partial charge in [0.2, 0.25) is 5.05 Å². The molecular weight excluding hydrogens is 334 g/mol. The van der Waals surface area contributed by atoms with Crippen LogP contribution in [0.1, 0.15) is 25.8 Å². The predicted molar refractivity (Wildman–Crippen MR) is 105 cm³/mol. The number of rotatable bonds is 9. The Labute approximate surface area is 156 Å². The van der Waals surface area contributed by atoms with Crippen LogP contribution in [0.4, 0.5) is 0 Å². The van der Waals surface area contributed by atoms with E-state index in [2.05, 4.69) is 0 Å². The van der Waals surface area contributed by atoms with E-state index in [-0.39, 0.29) is 5.97 Å². The highest BCUT2D eigenvalue weighted by atomic mass is 32.1. The molecule has 0 saturated heterocycles. The smallest absolute Gasteiger partial charge is 0.333 e. The minimum absolute atomic E-state index is 0.296. The van der Waals surface area contributed by atoms with Crippen molar-refractivity contribution in [2.45, 2.75) is 26.7 Å². The minimum Gasteiger partial charge on any atom is -0.482 e. The van der Waals surface area contributed by atoms with E-state index < -0.39 is 0 Å². The van der Waals surface area contributed by atoms with Crippen LogP contribution in [0.2, 0.25) is 0 Å². The number of carbonyl (C=O) groups excluding carboxylic acids is 1. The first-order valence-corrected chi connectivity index (χ1v) is 8.86. The highest BCUT2D eigenvalue weighted by Gasteiger charge is 2.12. The lowest BCUT2D eigenvalue weighted by atomic mass is 10.0. The molecule has 0 heterocycles. The van der Waals surface area contributed by atoms with E-state index in [1.807, 2.05) is 62.3 Å².